The summed E-state index contributed by atoms with van der Waals surface area (Å²) >= 11 is 5.06. The van der Waals surface area contributed by atoms with Crippen LogP contribution in [0.3, 0.4) is 0 Å². The number of hydrogen-bond donors (Lipinski definition) is 1. The van der Waals surface area contributed by atoms with Gasteiger partial charge in [-0.05, 0) is 17.7 Å². The maximum Gasteiger partial charge on any atom is 0.164 e. The first kappa shape index (κ1) is 14.4. The Balaban J connectivity index is 2.94. The van der Waals surface area contributed by atoms with Gasteiger partial charge in [0.15, 0.2) is 9.84 Å². The van der Waals surface area contributed by atoms with Crippen molar-refractivity contribution in [1.29, 1.82) is 0 Å². The van der Waals surface area contributed by atoms with Crippen LogP contribution >= 0.6 is 38.5 Å². The van der Waals surface area contributed by atoms with Crippen LogP contribution < -0.4 is 0 Å². The molecule has 1 N–H and O–H groups in total. The third-order valence-corrected chi connectivity index (χ3v) is 7.49. The molecule has 90 valence electrons. The van der Waals surface area contributed by atoms with Crippen molar-refractivity contribution in [2.75, 3.05) is 5.75 Å². The Hall–Kier alpha value is 0.340. The summed E-state index contributed by atoms with van der Waals surface area (Å²) < 4.78 is 23.3. The first-order valence-electron chi connectivity index (χ1n) is 4.67. The second-order valence-corrected chi connectivity index (χ2v) is 8.81. The molecule has 0 radical (unpaired) electrons. The number of benzene rings is 1. The van der Waals surface area contributed by atoms with Gasteiger partial charge in [-0.1, -0.05) is 57.6 Å². The summed E-state index contributed by atoms with van der Waals surface area (Å²) in [7, 11) is -3.23. The van der Waals surface area contributed by atoms with E-state index in [-0.39, 0.29) is 5.75 Å². The number of rotatable bonds is 4. The SMILES string of the molecule is CCS(=O)(=O)[C@@H](I)[C@@H](O)c1ccc(Br)cc1. The van der Waals surface area contributed by atoms with Gasteiger partial charge in [0.05, 0.1) is 0 Å². The Kier molecular flexibility index (Phi) is 5.21. The van der Waals surface area contributed by atoms with Crippen molar-refractivity contribution >= 4 is 48.4 Å². The molecule has 0 fully saturated rings. The molecule has 16 heavy (non-hydrogen) atoms. The van der Waals surface area contributed by atoms with Crippen molar-refractivity contribution < 1.29 is 13.5 Å². The van der Waals surface area contributed by atoms with E-state index in [1.807, 2.05) is 0 Å². The average molecular weight is 419 g/mol. The van der Waals surface area contributed by atoms with Crippen LogP contribution in [-0.4, -0.2) is 22.5 Å². The molecule has 1 aromatic carbocycles. The largest absolute Gasteiger partial charge is 0.386 e. The molecule has 0 saturated heterocycles. The summed E-state index contributed by atoms with van der Waals surface area (Å²) in [6.07, 6.45) is -0.987. The van der Waals surface area contributed by atoms with Crippen molar-refractivity contribution in [3.05, 3.63) is 34.3 Å². The van der Waals surface area contributed by atoms with E-state index in [9.17, 15) is 13.5 Å². The van der Waals surface area contributed by atoms with Gasteiger partial charge >= 0.3 is 0 Å². The molecular formula is C10H12BrIO3S. The summed E-state index contributed by atoms with van der Waals surface area (Å²) in [6, 6.07) is 6.98. The van der Waals surface area contributed by atoms with E-state index in [0.717, 1.165) is 4.47 Å². The van der Waals surface area contributed by atoms with Gasteiger partial charge in [-0.15, -0.1) is 0 Å². The molecule has 0 heterocycles. The Morgan fingerprint density at radius 3 is 2.31 bits per heavy atom. The lowest BCUT2D eigenvalue weighted by atomic mass is 10.1. The van der Waals surface area contributed by atoms with Crippen LogP contribution in [-0.2, 0) is 9.84 Å². The van der Waals surface area contributed by atoms with Gasteiger partial charge in [0.1, 0.15) is 9.36 Å². The zero-order valence-electron chi connectivity index (χ0n) is 8.60. The summed E-state index contributed by atoms with van der Waals surface area (Å²) in [5.74, 6) is 0.0359. The van der Waals surface area contributed by atoms with E-state index in [0.29, 0.717) is 5.56 Å². The van der Waals surface area contributed by atoms with Gasteiger partial charge in [0.25, 0.3) is 0 Å². The Morgan fingerprint density at radius 1 is 1.38 bits per heavy atom. The smallest absolute Gasteiger partial charge is 0.164 e. The third kappa shape index (κ3) is 3.41. The first-order valence-corrected chi connectivity index (χ1v) is 8.43. The van der Waals surface area contributed by atoms with E-state index in [2.05, 4.69) is 15.9 Å². The van der Waals surface area contributed by atoms with Crippen LogP contribution in [0.5, 0.6) is 0 Å². The van der Waals surface area contributed by atoms with Crippen LogP contribution in [0.25, 0.3) is 0 Å². The normalized spacial score (nSPS) is 15.8. The highest BCUT2D eigenvalue weighted by molar-refractivity contribution is 14.1. The van der Waals surface area contributed by atoms with Crippen LogP contribution in [0.4, 0.5) is 0 Å². The van der Waals surface area contributed by atoms with E-state index < -0.39 is 19.2 Å². The van der Waals surface area contributed by atoms with Crippen molar-refractivity contribution in [1.82, 2.24) is 0 Å². The van der Waals surface area contributed by atoms with Gasteiger partial charge in [-0.2, -0.15) is 0 Å². The van der Waals surface area contributed by atoms with E-state index in [4.69, 9.17) is 0 Å². The minimum absolute atomic E-state index is 0.0359. The third-order valence-electron chi connectivity index (χ3n) is 2.21. The molecular weight excluding hydrogens is 407 g/mol. The number of sulfone groups is 1. The standard InChI is InChI=1S/C10H12BrIO3S/c1-2-16(14,15)10(12)9(13)7-3-5-8(11)6-4-7/h3-6,9-10,13H,2H2,1H3/t9-,10+/m0/s1. The molecule has 0 unspecified atom stereocenters. The lowest BCUT2D eigenvalue weighted by Gasteiger charge is -2.17. The highest BCUT2D eigenvalue weighted by Crippen LogP contribution is 2.28. The molecule has 0 amide bonds. The predicted octanol–water partition coefficient (Wildman–Crippen LogP) is 2.68. The van der Waals surface area contributed by atoms with E-state index in [1.165, 1.54) is 0 Å². The first-order chi connectivity index (χ1) is 7.38. The van der Waals surface area contributed by atoms with Gasteiger partial charge < -0.3 is 5.11 Å². The van der Waals surface area contributed by atoms with Crippen molar-refractivity contribution in [3.8, 4) is 0 Å². The Morgan fingerprint density at radius 2 is 1.88 bits per heavy atom. The Bertz CT molecular complexity index is 444. The second kappa shape index (κ2) is 5.79. The zero-order valence-corrected chi connectivity index (χ0v) is 13.2. The quantitative estimate of drug-likeness (QED) is 0.604. The molecule has 0 aromatic heterocycles. The topological polar surface area (TPSA) is 54.4 Å². The number of aliphatic hydroxyl groups is 1. The summed E-state index contributed by atoms with van der Waals surface area (Å²) in [4.78, 5) is 0. The minimum Gasteiger partial charge on any atom is -0.386 e. The minimum atomic E-state index is -3.23. The van der Waals surface area contributed by atoms with Gasteiger partial charge in [-0.3, -0.25) is 0 Å². The molecule has 3 nitrogen and oxygen atoms in total. The van der Waals surface area contributed by atoms with E-state index in [1.54, 1.807) is 53.8 Å². The maximum absolute atomic E-state index is 11.6. The fourth-order valence-corrected chi connectivity index (χ4v) is 3.79. The molecule has 6 heteroatoms. The molecule has 0 aliphatic carbocycles. The highest BCUT2D eigenvalue weighted by atomic mass is 127. The molecule has 0 spiro atoms. The van der Waals surface area contributed by atoms with Gasteiger partial charge in [0.2, 0.25) is 0 Å². The number of halogens is 2. The van der Waals surface area contributed by atoms with Crippen LogP contribution in [0.1, 0.15) is 18.6 Å². The molecule has 0 bridgehead atoms. The molecule has 0 saturated carbocycles. The average Bonchev–Trinajstić information content (AvgIpc) is 2.28. The van der Waals surface area contributed by atoms with Crippen LogP contribution in [0.15, 0.2) is 28.7 Å². The van der Waals surface area contributed by atoms with Gasteiger partial charge in [-0.25, -0.2) is 8.42 Å². The molecule has 2 atom stereocenters. The molecule has 0 aliphatic heterocycles. The second-order valence-electron chi connectivity index (χ2n) is 3.30. The fraction of sp³-hybridized carbons (Fsp3) is 0.400. The number of hydrogen-bond acceptors (Lipinski definition) is 3. The number of alkyl halides is 1. The van der Waals surface area contributed by atoms with Gasteiger partial charge in [0, 0.05) is 10.2 Å². The maximum atomic E-state index is 11.6. The van der Waals surface area contributed by atoms with Crippen LogP contribution in [0, 0.1) is 0 Å². The molecule has 1 rings (SSSR count). The lowest BCUT2D eigenvalue weighted by Crippen LogP contribution is -2.24. The van der Waals surface area contributed by atoms with E-state index >= 15 is 0 Å². The highest BCUT2D eigenvalue weighted by Gasteiger charge is 2.29. The lowest BCUT2D eigenvalue weighted by molar-refractivity contribution is 0.197. The Labute approximate surface area is 117 Å². The molecule has 1 aromatic rings. The van der Waals surface area contributed by atoms with Crippen LogP contribution in [0.2, 0.25) is 0 Å². The predicted molar refractivity (Wildman–Crippen MR) is 76.4 cm³/mol. The molecule has 0 aliphatic rings. The van der Waals surface area contributed by atoms with Crippen molar-refractivity contribution in [2.45, 2.75) is 16.3 Å². The van der Waals surface area contributed by atoms with Crippen molar-refractivity contribution in [2.24, 2.45) is 0 Å². The fourth-order valence-electron chi connectivity index (χ4n) is 1.17. The monoisotopic (exact) mass is 418 g/mol. The number of aliphatic hydroxyl groups excluding tert-OH is 1. The zero-order chi connectivity index (χ0) is 12.3. The summed E-state index contributed by atoms with van der Waals surface area (Å²) in [5, 5.41) is 9.94. The van der Waals surface area contributed by atoms with Crippen molar-refractivity contribution in [3.63, 3.8) is 0 Å². The summed E-state index contributed by atoms with van der Waals surface area (Å²) in [6.45, 7) is 1.58. The summed E-state index contributed by atoms with van der Waals surface area (Å²) in [5.41, 5.74) is 0.611.